The summed E-state index contributed by atoms with van der Waals surface area (Å²) in [5, 5.41) is 0.394. The van der Waals surface area contributed by atoms with E-state index >= 15 is 0 Å². The van der Waals surface area contributed by atoms with Crippen LogP contribution in [0.5, 0.6) is 0 Å². The number of halogens is 1. The van der Waals surface area contributed by atoms with Crippen LogP contribution in [0.25, 0.3) is 0 Å². The molecule has 78 valence electrons. The van der Waals surface area contributed by atoms with Crippen molar-refractivity contribution in [3.8, 4) is 0 Å². The molecule has 0 saturated carbocycles. The molecule has 0 unspecified atom stereocenters. The number of carbonyl (C=O) groups excluding carboxylic acids is 1. The van der Waals surface area contributed by atoms with Crippen molar-refractivity contribution in [1.29, 1.82) is 0 Å². The minimum atomic E-state index is -0.647. The van der Waals surface area contributed by atoms with E-state index in [2.05, 4.69) is 30.6 Å². The molecule has 1 heterocycles. The molecule has 1 aromatic rings. The van der Waals surface area contributed by atoms with E-state index in [4.69, 9.17) is 16.3 Å². The van der Waals surface area contributed by atoms with E-state index in [1.807, 2.05) is 0 Å². The average molecular weight is 291 g/mol. The van der Waals surface area contributed by atoms with E-state index in [1.165, 1.54) is 6.20 Å². The van der Waals surface area contributed by atoms with Gasteiger partial charge >= 0.3 is 57.5 Å². The topological polar surface area (TPSA) is 42.4 Å². The molecule has 0 aliphatic heterocycles. The number of hydrogen-bond donors (Lipinski definition) is 2. The number of hydrogen-bond acceptors (Lipinski definition) is 5. The van der Waals surface area contributed by atoms with Crippen molar-refractivity contribution in [2.45, 2.75) is 6.61 Å². The van der Waals surface area contributed by atoms with Crippen LogP contribution in [0.4, 0.5) is 4.79 Å². The summed E-state index contributed by atoms with van der Waals surface area (Å²) in [6, 6.07) is 3.33. The van der Waals surface area contributed by atoms with Crippen LogP contribution in [-0.2, 0) is 11.3 Å². The van der Waals surface area contributed by atoms with Gasteiger partial charge in [0.05, 0.1) is 0 Å². The summed E-state index contributed by atoms with van der Waals surface area (Å²) in [5.41, 5.74) is 0.742. The van der Waals surface area contributed by atoms with Crippen molar-refractivity contribution in [1.82, 2.24) is 8.69 Å². The first-order chi connectivity index (χ1) is 6.59. The van der Waals surface area contributed by atoms with Crippen molar-refractivity contribution >= 4 is 94.7 Å². The van der Waals surface area contributed by atoms with Gasteiger partial charge < -0.3 is 4.74 Å². The summed E-state index contributed by atoms with van der Waals surface area (Å²) in [5.74, 6) is 0. The Balaban J connectivity index is 0.00000196. The normalized spacial score (nSPS) is 9.00. The van der Waals surface area contributed by atoms with Gasteiger partial charge in [-0.1, -0.05) is 17.7 Å². The Hall–Kier alpha value is 1.05. The van der Waals surface area contributed by atoms with Gasteiger partial charge in [-0.15, -0.1) is 0 Å². The van der Waals surface area contributed by atoms with Gasteiger partial charge in [0.1, 0.15) is 11.8 Å². The van der Waals surface area contributed by atoms with Crippen LogP contribution in [0, 0.1) is 0 Å². The number of carbonyl (C=O) groups is 1. The van der Waals surface area contributed by atoms with E-state index in [0.29, 0.717) is 5.15 Å². The number of thiol groups is 2. The molecule has 1 amide bonds. The third-order valence-electron chi connectivity index (χ3n) is 1.31. The van der Waals surface area contributed by atoms with E-state index in [-0.39, 0.29) is 58.0 Å². The first kappa shape index (κ1) is 16.0. The molecular formula is C7H8ClKN2O2S2. The number of aromatic nitrogens is 1. The Bertz CT molecular complexity index is 323. The fourth-order valence-corrected chi connectivity index (χ4v) is 0.922. The number of amides is 1. The second-order valence-electron chi connectivity index (χ2n) is 2.33. The molecule has 0 aromatic carbocycles. The first-order valence-corrected chi connectivity index (χ1v) is 4.72. The zero-order chi connectivity index (χ0) is 10.6. The average Bonchev–Trinajstić information content (AvgIpc) is 2.16. The molecule has 0 saturated heterocycles. The van der Waals surface area contributed by atoms with E-state index in [0.717, 1.165) is 9.27 Å². The van der Waals surface area contributed by atoms with Gasteiger partial charge in [0, 0.05) is 11.8 Å². The van der Waals surface area contributed by atoms with Crippen LogP contribution in [0.2, 0.25) is 5.15 Å². The molecule has 8 heteroatoms. The van der Waals surface area contributed by atoms with Crippen LogP contribution < -0.4 is 0 Å². The van der Waals surface area contributed by atoms with Gasteiger partial charge in [-0.2, -0.15) is 3.71 Å². The second-order valence-corrected chi connectivity index (χ2v) is 3.84. The van der Waals surface area contributed by atoms with Crippen molar-refractivity contribution < 1.29 is 9.53 Å². The SMILES string of the molecule is O=C(OCc1ccc(Cl)nc1)N(S)S.[KH]. The van der Waals surface area contributed by atoms with Gasteiger partial charge in [-0.05, 0) is 31.7 Å². The van der Waals surface area contributed by atoms with Gasteiger partial charge in [-0.3, -0.25) is 0 Å². The molecule has 0 aliphatic carbocycles. The molecule has 4 nitrogen and oxygen atoms in total. The van der Waals surface area contributed by atoms with Crippen LogP contribution in [-0.4, -0.2) is 66.2 Å². The predicted octanol–water partition coefficient (Wildman–Crippen LogP) is 1.71. The molecular weight excluding hydrogens is 283 g/mol. The van der Waals surface area contributed by atoms with E-state index in [9.17, 15) is 4.79 Å². The first-order valence-electron chi connectivity index (χ1n) is 3.54. The third kappa shape index (κ3) is 6.37. The maximum atomic E-state index is 10.9. The van der Waals surface area contributed by atoms with Gasteiger partial charge in [0.15, 0.2) is 0 Å². The quantitative estimate of drug-likeness (QED) is 0.495. The molecule has 0 radical (unpaired) electrons. The maximum absolute atomic E-state index is 10.9. The Labute approximate surface area is 146 Å². The Morgan fingerprint density at radius 3 is 2.67 bits per heavy atom. The molecule has 15 heavy (non-hydrogen) atoms. The van der Waals surface area contributed by atoms with Crippen molar-refractivity contribution in [2.24, 2.45) is 0 Å². The fourth-order valence-electron chi connectivity index (χ4n) is 0.695. The number of nitrogens with zero attached hydrogens (tertiary/aromatic N) is 2. The predicted molar refractivity (Wildman–Crippen MR) is 66.4 cm³/mol. The summed E-state index contributed by atoms with van der Waals surface area (Å²) < 4.78 is 5.53. The number of ether oxygens (including phenoxy) is 1. The van der Waals surface area contributed by atoms with E-state index in [1.54, 1.807) is 12.1 Å². The summed E-state index contributed by atoms with van der Waals surface area (Å²) in [4.78, 5) is 14.7. The molecule has 1 rings (SSSR count). The monoisotopic (exact) mass is 290 g/mol. The van der Waals surface area contributed by atoms with Crippen LogP contribution in [0.15, 0.2) is 18.3 Å². The van der Waals surface area contributed by atoms with Crippen LogP contribution in [0.1, 0.15) is 5.56 Å². The Kier molecular flexibility index (Phi) is 8.75. The standard InChI is InChI=1S/C7H7ClN2O2S2.K.H/c8-6-2-1-5(3-9-6)4-12-7(11)10(13)14;;/h1-3,13-14H,4H2;;. The summed E-state index contributed by atoms with van der Waals surface area (Å²) >= 11 is 12.9. The van der Waals surface area contributed by atoms with Gasteiger partial charge in [0.25, 0.3) is 0 Å². The van der Waals surface area contributed by atoms with Crippen molar-refractivity contribution in [3.63, 3.8) is 0 Å². The molecule has 0 atom stereocenters. The summed E-state index contributed by atoms with van der Waals surface area (Å²) in [6.07, 6.45) is 0.878. The van der Waals surface area contributed by atoms with Crippen LogP contribution >= 0.6 is 37.2 Å². The molecule has 0 fully saturated rings. The van der Waals surface area contributed by atoms with Gasteiger partial charge in [-0.25, -0.2) is 9.78 Å². The number of pyridine rings is 1. The molecule has 0 aliphatic rings. The van der Waals surface area contributed by atoms with Crippen molar-refractivity contribution in [3.05, 3.63) is 29.0 Å². The zero-order valence-electron chi connectivity index (χ0n) is 6.92. The molecule has 0 bridgehead atoms. The zero-order valence-corrected chi connectivity index (χ0v) is 9.47. The third-order valence-corrected chi connectivity index (χ3v) is 1.86. The fraction of sp³-hybridized carbons (Fsp3) is 0.143. The second kappa shape index (κ2) is 8.18. The summed E-state index contributed by atoms with van der Waals surface area (Å²) in [6.45, 7) is 0.112. The number of rotatable bonds is 2. The van der Waals surface area contributed by atoms with Gasteiger partial charge in [0.2, 0.25) is 0 Å². The summed E-state index contributed by atoms with van der Waals surface area (Å²) in [7, 11) is 0. The van der Waals surface area contributed by atoms with E-state index < -0.39 is 6.09 Å². The molecule has 0 N–H and O–H groups in total. The molecule has 1 aromatic heterocycles. The Morgan fingerprint density at radius 1 is 1.53 bits per heavy atom. The van der Waals surface area contributed by atoms with Crippen LogP contribution in [0.3, 0.4) is 0 Å². The molecule has 0 spiro atoms. The Morgan fingerprint density at radius 2 is 2.20 bits per heavy atom. The van der Waals surface area contributed by atoms with Crippen molar-refractivity contribution in [2.75, 3.05) is 0 Å². The minimum absolute atomic E-state index is 0.